The maximum Gasteiger partial charge on any atom is 0.321 e. The summed E-state index contributed by atoms with van der Waals surface area (Å²) in [5, 5.41) is 12.6. The van der Waals surface area contributed by atoms with Crippen molar-refractivity contribution in [2.24, 2.45) is 5.92 Å². The molecular weight excluding hydrogens is 210 g/mol. The molecule has 86 valence electrons. The molecule has 2 fully saturated rings. The number of hydrogen-bond donors (Lipinski definition) is 2. The Morgan fingerprint density at radius 3 is 2.40 bits per heavy atom. The Morgan fingerprint density at radius 1 is 1.20 bits per heavy atom. The Hall–Kier alpha value is -0.220. The third-order valence-electron chi connectivity index (χ3n) is 3.43. The molecule has 2 atom stereocenters. The fourth-order valence-corrected chi connectivity index (χ4v) is 3.97. The van der Waals surface area contributed by atoms with Gasteiger partial charge >= 0.3 is 5.97 Å². The van der Waals surface area contributed by atoms with Crippen molar-refractivity contribution in [3.8, 4) is 0 Å². The van der Waals surface area contributed by atoms with E-state index in [1.807, 2.05) is 0 Å². The highest BCUT2D eigenvalue weighted by atomic mass is 32.2. The summed E-state index contributed by atoms with van der Waals surface area (Å²) in [5.41, 5.74) is 0. The lowest BCUT2D eigenvalue weighted by Gasteiger charge is -2.21. The Morgan fingerprint density at radius 2 is 1.87 bits per heavy atom. The first-order chi connectivity index (χ1) is 7.27. The quantitative estimate of drug-likeness (QED) is 0.712. The summed E-state index contributed by atoms with van der Waals surface area (Å²) in [5.74, 6) is 0.733. The molecule has 0 spiro atoms. The lowest BCUT2D eigenvalue weighted by molar-refractivity contribution is -0.138. The number of hydrogen-bond acceptors (Lipinski definition) is 3. The molecule has 0 aromatic rings. The number of carbonyl (C=O) groups is 1. The highest BCUT2D eigenvalue weighted by molar-refractivity contribution is 8.00. The Balaban J connectivity index is 1.86. The first-order valence-electron chi connectivity index (χ1n) is 5.88. The summed E-state index contributed by atoms with van der Waals surface area (Å²) in [7, 11) is 0. The van der Waals surface area contributed by atoms with Crippen LogP contribution in [0.25, 0.3) is 0 Å². The Labute approximate surface area is 95.0 Å². The molecule has 1 saturated heterocycles. The first kappa shape index (κ1) is 11.3. The van der Waals surface area contributed by atoms with Gasteiger partial charge in [0.25, 0.3) is 0 Å². The third-order valence-corrected chi connectivity index (χ3v) is 4.84. The molecule has 15 heavy (non-hydrogen) atoms. The molecule has 2 N–H and O–H groups in total. The number of aliphatic carboxylic acids is 1. The summed E-state index contributed by atoms with van der Waals surface area (Å²) in [4.78, 5) is 10.8. The number of thioether (sulfide) groups is 1. The molecule has 2 rings (SSSR count). The van der Waals surface area contributed by atoms with E-state index in [9.17, 15) is 4.79 Å². The van der Waals surface area contributed by atoms with Gasteiger partial charge in [-0.25, -0.2) is 0 Å². The fraction of sp³-hybridized carbons (Fsp3) is 0.909. The molecule has 0 amide bonds. The van der Waals surface area contributed by atoms with E-state index in [0.717, 1.165) is 5.75 Å². The number of carboxylic acid groups (broad SMARTS) is 1. The molecule has 1 heterocycles. The average Bonchev–Trinajstić information content (AvgIpc) is 2.55. The Bertz CT molecular complexity index is 227. The summed E-state index contributed by atoms with van der Waals surface area (Å²) in [6, 6.07) is -0.316. The average molecular weight is 229 g/mol. The van der Waals surface area contributed by atoms with Gasteiger partial charge in [0.1, 0.15) is 6.04 Å². The maximum atomic E-state index is 10.8. The second-order valence-corrected chi connectivity index (χ2v) is 5.74. The van der Waals surface area contributed by atoms with Gasteiger partial charge in [-0.3, -0.25) is 10.1 Å². The van der Waals surface area contributed by atoms with Crippen LogP contribution in [0.3, 0.4) is 0 Å². The van der Waals surface area contributed by atoms with Gasteiger partial charge in [0.2, 0.25) is 0 Å². The van der Waals surface area contributed by atoms with Crippen LogP contribution >= 0.6 is 11.8 Å². The van der Waals surface area contributed by atoms with Gasteiger partial charge in [0.05, 0.1) is 5.37 Å². The van der Waals surface area contributed by atoms with Crippen LogP contribution in [0.2, 0.25) is 0 Å². The highest BCUT2D eigenvalue weighted by Gasteiger charge is 2.34. The van der Waals surface area contributed by atoms with Crippen LogP contribution in [0.1, 0.15) is 38.5 Å². The smallest absolute Gasteiger partial charge is 0.321 e. The van der Waals surface area contributed by atoms with Crippen LogP contribution in [0.4, 0.5) is 0 Å². The predicted octanol–water partition coefficient (Wildman–Crippen LogP) is 2.07. The molecule has 3 nitrogen and oxygen atoms in total. The van der Waals surface area contributed by atoms with Gasteiger partial charge in [-0.05, 0) is 18.8 Å². The monoisotopic (exact) mass is 229 g/mol. The van der Waals surface area contributed by atoms with Crippen molar-refractivity contribution in [1.29, 1.82) is 0 Å². The highest BCUT2D eigenvalue weighted by Crippen LogP contribution is 2.33. The van der Waals surface area contributed by atoms with Crippen LogP contribution in [0, 0.1) is 5.92 Å². The van der Waals surface area contributed by atoms with E-state index < -0.39 is 5.97 Å². The topological polar surface area (TPSA) is 49.3 Å². The second-order valence-electron chi connectivity index (χ2n) is 4.56. The lowest BCUT2D eigenvalue weighted by atomic mass is 10.00. The van der Waals surface area contributed by atoms with E-state index in [1.165, 1.54) is 38.5 Å². The number of carboxylic acids is 1. The standard InChI is InChI=1S/C11H19NO2S/c13-11(14)9-7-15-10(12-9)8-5-3-1-2-4-6-8/h8-10,12H,1-7H2,(H,13,14). The van der Waals surface area contributed by atoms with Gasteiger partial charge < -0.3 is 5.11 Å². The van der Waals surface area contributed by atoms with E-state index in [4.69, 9.17) is 5.11 Å². The van der Waals surface area contributed by atoms with Crippen LogP contribution in [-0.4, -0.2) is 28.2 Å². The second kappa shape index (κ2) is 5.21. The van der Waals surface area contributed by atoms with E-state index in [2.05, 4.69) is 5.32 Å². The zero-order valence-corrected chi connectivity index (χ0v) is 9.76. The minimum absolute atomic E-state index is 0.316. The lowest BCUT2D eigenvalue weighted by Crippen LogP contribution is -2.39. The zero-order chi connectivity index (χ0) is 10.7. The van der Waals surface area contributed by atoms with E-state index in [0.29, 0.717) is 11.3 Å². The van der Waals surface area contributed by atoms with Gasteiger partial charge in [-0.1, -0.05) is 25.7 Å². The van der Waals surface area contributed by atoms with E-state index >= 15 is 0 Å². The minimum Gasteiger partial charge on any atom is -0.480 e. The van der Waals surface area contributed by atoms with E-state index in [-0.39, 0.29) is 6.04 Å². The Kier molecular flexibility index (Phi) is 3.92. The maximum absolute atomic E-state index is 10.8. The van der Waals surface area contributed by atoms with Crippen molar-refractivity contribution in [3.05, 3.63) is 0 Å². The summed E-state index contributed by atoms with van der Waals surface area (Å²) < 4.78 is 0. The molecule has 1 aliphatic heterocycles. The molecular formula is C11H19NO2S. The van der Waals surface area contributed by atoms with Crippen LogP contribution in [0.15, 0.2) is 0 Å². The largest absolute Gasteiger partial charge is 0.480 e. The molecule has 1 aliphatic carbocycles. The zero-order valence-electron chi connectivity index (χ0n) is 8.95. The van der Waals surface area contributed by atoms with Crippen molar-refractivity contribution in [1.82, 2.24) is 5.32 Å². The molecule has 0 radical (unpaired) electrons. The summed E-state index contributed by atoms with van der Waals surface area (Å²) in [6.07, 6.45) is 7.91. The van der Waals surface area contributed by atoms with Crippen molar-refractivity contribution < 1.29 is 9.90 Å². The normalized spacial score (nSPS) is 33.9. The fourth-order valence-electron chi connectivity index (χ4n) is 2.52. The van der Waals surface area contributed by atoms with Gasteiger partial charge in [0, 0.05) is 5.75 Å². The van der Waals surface area contributed by atoms with Crippen molar-refractivity contribution in [2.45, 2.75) is 49.9 Å². The van der Waals surface area contributed by atoms with E-state index in [1.54, 1.807) is 11.8 Å². The number of rotatable bonds is 2. The van der Waals surface area contributed by atoms with Gasteiger partial charge in [0.15, 0.2) is 0 Å². The molecule has 1 saturated carbocycles. The molecule has 0 bridgehead atoms. The van der Waals surface area contributed by atoms with Crippen LogP contribution in [0.5, 0.6) is 0 Å². The number of nitrogens with one attached hydrogen (secondary N) is 1. The molecule has 2 unspecified atom stereocenters. The van der Waals surface area contributed by atoms with Gasteiger partial charge in [-0.15, -0.1) is 11.8 Å². The molecule has 2 aliphatic rings. The molecule has 0 aromatic heterocycles. The first-order valence-corrected chi connectivity index (χ1v) is 6.92. The molecule has 4 heteroatoms. The minimum atomic E-state index is -0.696. The third kappa shape index (κ3) is 2.88. The van der Waals surface area contributed by atoms with Crippen molar-refractivity contribution >= 4 is 17.7 Å². The van der Waals surface area contributed by atoms with Crippen molar-refractivity contribution in [3.63, 3.8) is 0 Å². The molecule has 0 aromatic carbocycles. The van der Waals surface area contributed by atoms with Crippen LogP contribution in [-0.2, 0) is 4.79 Å². The predicted molar refractivity (Wildman–Crippen MR) is 62.0 cm³/mol. The van der Waals surface area contributed by atoms with Crippen molar-refractivity contribution in [2.75, 3.05) is 5.75 Å². The van der Waals surface area contributed by atoms with Gasteiger partial charge in [-0.2, -0.15) is 0 Å². The summed E-state index contributed by atoms with van der Waals surface area (Å²) >= 11 is 1.80. The summed E-state index contributed by atoms with van der Waals surface area (Å²) in [6.45, 7) is 0. The van der Waals surface area contributed by atoms with Crippen LogP contribution < -0.4 is 5.32 Å². The SMILES string of the molecule is O=C(O)C1CSC(C2CCCCCC2)N1.